The van der Waals surface area contributed by atoms with E-state index < -0.39 is 0 Å². The molecular weight excluding hydrogens is 317 g/mol. The van der Waals surface area contributed by atoms with E-state index in [-0.39, 0.29) is 42.2 Å². The number of hydrogen-bond donors (Lipinski definition) is 2. The van der Waals surface area contributed by atoms with Gasteiger partial charge in [0.25, 0.3) is 0 Å². The number of thiazole rings is 1. The van der Waals surface area contributed by atoms with Gasteiger partial charge < -0.3 is 11.1 Å². The molecule has 0 aromatic carbocycles. The standard InChI is InChI=1S/C13H21N3OS.2ClH/c1-9-11(18-8-16-9)7-15-12(17)10-5-3-4-6-13(10,2)14;;/h8,10H,3-7,14H2,1-2H3,(H,15,17);2*1H. The smallest absolute Gasteiger partial charge is 0.225 e. The van der Waals surface area contributed by atoms with Crippen molar-refractivity contribution in [2.24, 2.45) is 11.7 Å². The first kappa shape index (κ1) is 19.6. The van der Waals surface area contributed by atoms with Gasteiger partial charge in [0.1, 0.15) is 0 Å². The van der Waals surface area contributed by atoms with Gasteiger partial charge in [0.05, 0.1) is 23.7 Å². The summed E-state index contributed by atoms with van der Waals surface area (Å²) in [6.45, 7) is 4.53. The zero-order valence-electron chi connectivity index (χ0n) is 11.8. The third-order valence-corrected chi connectivity index (χ3v) is 4.77. The summed E-state index contributed by atoms with van der Waals surface area (Å²) in [6.07, 6.45) is 4.07. The van der Waals surface area contributed by atoms with Crippen LogP contribution in [0.5, 0.6) is 0 Å². The van der Waals surface area contributed by atoms with Crippen molar-refractivity contribution >= 4 is 42.1 Å². The highest BCUT2D eigenvalue weighted by Gasteiger charge is 2.37. The van der Waals surface area contributed by atoms with Crippen LogP contribution in [0.1, 0.15) is 43.2 Å². The lowest BCUT2D eigenvalue weighted by molar-refractivity contribution is -0.128. The molecule has 2 rings (SSSR count). The molecule has 2 unspecified atom stereocenters. The summed E-state index contributed by atoms with van der Waals surface area (Å²) in [5, 5.41) is 3.00. The second-order valence-corrected chi connectivity index (χ2v) is 6.32. The molecule has 116 valence electrons. The van der Waals surface area contributed by atoms with Gasteiger partial charge in [-0.05, 0) is 26.7 Å². The first-order valence-corrected chi connectivity index (χ1v) is 7.34. The lowest BCUT2D eigenvalue weighted by Crippen LogP contribution is -2.52. The summed E-state index contributed by atoms with van der Waals surface area (Å²) < 4.78 is 0. The van der Waals surface area contributed by atoms with Crippen molar-refractivity contribution in [3.63, 3.8) is 0 Å². The molecule has 4 nitrogen and oxygen atoms in total. The van der Waals surface area contributed by atoms with E-state index in [0.29, 0.717) is 6.54 Å². The van der Waals surface area contributed by atoms with E-state index >= 15 is 0 Å². The van der Waals surface area contributed by atoms with Crippen molar-refractivity contribution in [3.05, 3.63) is 16.1 Å². The van der Waals surface area contributed by atoms with Crippen molar-refractivity contribution in [1.29, 1.82) is 0 Å². The Labute approximate surface area is 136 Å². The number of aromatic nitrogens is 1. The van der Waals surface area contributed by atoms with Gasteiger partial charge in [0, 0.05) is 10.4 Å². The highest BCUT2D eigenvalue weighted by Crippen LogP contribution is 2.31. The van der Waals surface area contributed by atoms with Gasteiger partial charge in [-0.15, -0.1) is 36.2 Å². The van der Waals surface area contributed by atoms with Gasteiger partial charge in [0.2, 0.25) is 5.91 Å². The predicted octanol–water partition coefficient (Wildman–Crippen LogP) is 2.82. The highest BCUT2D eigenvalue weighted by molar-refractivity contribution is 7.09. The largest absolute Gasteiger partial charge is 0.351 e. The van der Waals surface area contributed by atoms with Crippen LogP contribution in [0.2, 0.25) is 0 Å². The van der Waals surface area contributed by atoms with E-state index in [1.54, 1.807) is 11.3 Å². The summed E-state index contributed by atoms with van der Waals surface area (Å²) in [7, 11) is 0. The maximum Gasteiger partial charge on any atom is 0.225 e. The first-order valence-electron chi connectivity index (χ1n) is 6.46. The molecule has 1 aromatic rings. The second kappa shape index (κ2) is 8.17. The van der Waals surface area contributed by atoms with Crippen LogP contribution in [-0.4, -0.2) is 16.4 Å². The Balaban J connectivity index is 0.00000180. The summed E-state index contributed by atoms with van der Waals surface area (Å²) in [5.74, 6) is 0.0342. The Morgan fingerprint density at radius 2 is 2.25 bits per heavy atom. The van der Waals surface area contributed by atoms with Crippen molar-refractivity contribution in [2.75, 3.05) is 0 Å². The van der Waals surface area contributed by atoms with Crippen LogP contribution in [0, 0.1) is 12.8 Å². The molecule has 0 saturated heterocycles. The molecule has 1 heterocycles. The average molecular weight is 340 g/mol. The van der Waals surface area contributed by atoms with E-state index in [1.165, 1.54) is 0 Å². The van der Waals surface area contributed by atoms with Crippen LogP contribution in [0.15, 0.2) is 5.51 Å². The fraction of sp³-hybridized carbons (Fsp3) is 0.692. The number of nitrogens with two attached hydrogens (primary N) is 1. The lowest BCUT2D eigenvalue weighted by atomic mass is 9.74. The third-order valence-electron chi connectivity index (χ3n) is 3.84. The zero-order valence-corrected chi connectivity index (χ0v) is 14.3. The molecule has 0 spiro atoms. The van der Waals surface area contributed by atoms with Crippen LogP contribution in [0.4, 0.5) is 0 Å². The van der Waals surface area contributed by atoms with Crippen molar-refractivity contribution in [1.82, 2.24) is 10.3 Å². The molecule has 1 aromatic heterocycles. The van der Waals surface area contributed by atoms with Gasteiger partial charge in [-0.25, -0.2) is 4.98 Å². The van der Waals surface area contributed by atoms with Gasteiger partial charge in [-0.3, -0.25) is 4.79 Å². The van der Waals surface area contributed by atoms with Gasteiger partial charge in [0.15, 0.2) is 0 Å². The highest BCUT2D eigenvalue weighted by atomic mass is 35.5. The number of amides is 1. The van der Waals surface area contributed by atoms with Gasteiger partial charge in [-0.1, -0.05) is 12.8 Å². The molecule has 2 atom stereocenters. The van der Waals surface area contributed by atoms with Gasteiger partial charge in [-0.2, -0.15) is 0 Å². The van der Waals surface area contributed by atoms with Crippen molar-refractivity contribution < 1.29 is 4.79 Å². The summed E-state index contributed by atoms with van der Waals surface area (Å²) in [6, 6.07) is 0. The normalized spacial score (nSPS) is 25.2. The van der Waals surface area contributed by atoms with Crippen LogP contribution in [0.3, 0.4) is 0 Å². The Hall–Kier alpha value is -0.360. The fourth-order valence-corrected chi connectivity index (χ4v) is 3.29. The average Bonchev–Trinajstić information content (AvgIpc) is 2.71. The number of hydrogen-bond acceptors (Lipinski definition) is 4. The lowest BCUT2D eigenvalue weighted by Gasteiger charge is -2.37. The Bertz CT molecular complexity index is 437. The summed E-state index contributed by atoms with van der Waals surface area (Å²) in [5.41, 5.74) is 8.68. The summed E-state index contributed by atoms with van der Waals surface area (Å²) in [4.78, 5) is 17.5. The number of nitrogens with zero attached hydrogens (tertiary/aromatic N) is 1. The van der Waals surface area contributed by atoms with Gasteiger partial charge >= 0.3 is 0 Å². The SMILES string of the molecule is Cc1ncsc1CNC(=O)C1CCCCC1(C)N.Cl.Cl. The number of aryl methyl sites for hydroxylation is 1. The molecule has 1 saturated carbocycles. The van der Waals surface area contributed by atoms with E-state index in [1.807, 2.05) is 19.4 Å². The van der Waals surface area contributed by atoms with Crippen LogP contribution < -0.4 is 11.1 Å². The fourth-order valence-electron chi connectivity index (χ4n) is 2.58. The number of carbonyl (C=O) groups is 1. The molecular formula is C13H23Cl2N3OS. The minimum Gasteiger partial charge on any atom is -0.351 e. The van der Waals surface area contributed by atoms with Crippen LogP contribution >= 0.6 is 36.2 Å². The predicted molar refractivity (Wildman–Crippen MR) is 87.7 cm³/mol. The molecule has 0 bridgehead atoms. The van der Waals surface area contributed by atoms with Crippen molar-refractivity contribution in [2.45, 2.75) is 51.6 Å². The Kier molecular flexibility index (Phi) is 8.03. The van der Waals surface area contributed by atoms with Crippen LogP contribution in [0.25, 0.3) is 0 Å². The van der Waals surface area contributed by atoms with E-state index in [4.69, 9.17) is 5.73 Å². The molecule has 1 fully saturated rings. The zero-order chi connectivity index (χ0) is 13.2. The molecule has 7 heteroatoms. The molecule has 1 aliphatic rings. The number of halogens is 2. The number of nitrogens with one attached hydrogen (secondary N) is 1. The first-order chi connectivity index (χ1) is 8.50. The second-order valence-electron chi connectivity index (χ2n) is 5.38. The Morgan fingerprint density at radius 3 is 2.80 bits per heavy atom. The third kappa shape index (κ3) is 4.58. The minimum absolute atomic E-state index is 0. The maximum atomic E-state index is 12.2. The number of rotatable bonds is 3. The van der Waals surface area contributed by atoms with E-state index in [9.17, 15) is 4.79 Å². The van der Waals surface area contributed by atoms with Crippen molar-refractivity contribution in [3.8, 4) is 0 Å². The molecule has 20 heavy (non-hydrogen) atoms. The quantitative estimate of drug-likeness (QED) is 0.889. The Morgan fingerprint density at radius 1 is 1.55 bits per heavy atom. The van der Waals surface area contributed by atoms with Crippen LogP contribution in [-0.2, 0) is 11.3 Å². The summed E-state index contributed by atoms with van der Waals surface area (Å²) >= 11 is 1.58. The molecule has 3 N–H and O–H groups in total. The van der Waals surface area contributed by atoms with E-state index in [0.717, 1.165) is 36.3 Å². The minimum atomic E-state index is -0.356. The molecule has 1 amide bonds. The molecule has 0 aliphatic heterocycles. The van der Waals surface area contributed by atoms with E-state index in [2.05, 4.69) is 10.3 Å². The monoisotopic (exact) mass is 339 g/mol. The molecule has 0 radical (unpaired) electrons. The number of carbonyl (C=O) groups excluding carboxylic acids is 1. The topological polar surface area (TPSA) is 68.0 Å². The molecule has 1 aliphatic carbocycles. The maximum absolute atomic E-state index is 12.2.